The molecule has 0 bridgehead atoms. The molecule has 1 saturated heterocycles. The van der Waals surface area contributed by atoms with Gasteiger partial charge in [0, 0.05) is 19.7 Å². The zero-order valence-electron chi connectivity index (χ0n) is 12.8. The van der Waals surface area contributed by atoms with Crippen molar-refractivity contribution in [1.29, 1.82) is 0 Å². The molecule has 4 heteroatoms. The van der Waals surface area contributed by atoms with Gasteiger partial charge in [0.25, 0.3) is 0 Å². The van der Waals surface area contributed by atoms with E-state index >= 15 is 0 Å². The van der Waals surface area contributed by atoms with E-state index in [0.29, 0.717) is 12.6 Å². The highest BCUT2D eigenvalue weighted by Crippen LogP contribution is 2.20. The summed E-state index contributed by atoms with van der Waals surface area (Å²) in [5.41, 5.74) is 0. The SMILES string of the molecule is CCNC(=O)CN1CCCC(CCCOC(C)C)C1. The van der Waals surface area contributed by atoms with Crippen LogP contribution in [0, 0.1) is 5.92 Å². The molecule has 1 rings (SSSR count). The summed E-state index contributed by atoms with van der Waals surface area (Å²) >= 11 is 0. The van der Waals surface area contributed by atoms with Crippen LogP contribution in [0.5, 0.6) is 0 Å². The maximum atomic E-state index is 11.6. The van der Waals surface area contributed by atoms with Crippen LogP contribution in [0.15, 0.2) is 0 Å². The first-order valence-corrected chi connectivity index (χ1v) is 7.72. The van der Waals surface area contributed by atoms with Crippen molar-refractivity contribution in [2.75, 3.05) is 32.8 Å². The smallest absolute Gasteiger partial charge is 0.234 e. The molecule has 1 aliphatic rings. The molecule has 0 aromatic heterocycles. The normalized spacial score (nSPS) is 20.7. The Hall–Kier alpha value is -0.610. The van der Waals surface area contributed by atoms with Crippen molar-refractivity contribution in [2.24, 2.45) is 5.92 Å². The summed E-state index contributed by atoms with van der Waals surface area (Å²) in [4.78, 5) is 13.9. The molecule has 4 nitrogen and oxygen atoms in total. The number of nitrogens with one attached hydrogen (secondary N) is 1. The molecule has 1 atom stereocenters. The van der Waals surface area contributed by atoms with E-state index in [-0.39, 0.29) is 5.91 Å². The van der Waals surface area contributed by atoms with E-state index in [9.17, 15) is 4.79 Å². The molecule has 0 saturated carbocycles. The Kier molecular flexibility index (Phi) is 8.07. The molecule has 19 heavy (non-hydrogen) atoms. The van der Waals surface area contributed by atoms with Crippen LogP contribution < -0.4 is 5.32 Å². The third kappa shape index (κ3) is 7.53. The molecule has 1 aliphatic heterocycles. The van der Waals surface area contributed by atoms with Crippen molar-refractivity contribution in [3.05, 3.63) is 0 Å². The number of carbonyl (C=O) groups excluding carboxylic acids is 1. The van der Waals surface area contributed by atoms with Gasteiger partial charge < -0.3 is 10.1 Å². The second kappa shape index (κ2) is 9.32. The highest BCUT2D eigenvalue weighted by molar-refractivity contribution is 5.77. The van der Waals surface area contributed by atoms with Gasteiger partial charge in [0.15, 0.2) is 0 Å². The van der Waals surface area contributed by atoms with Gasteiger partial charge in [-0.05, 0) is 58.9 Å². The molecule has 1 unspecified atom stereocenters. The van der Waals surface area contributed by atoms with Gasteiger partial charge in [0.2, 0.25) is 5.91 Å². The van der Waals surface area contributed by atoms with Crippen molar-refractivity contribution >= 4 is 5.91 Å². The molecule has 0 radical (unpaired) electrons. The highest BCUT2D eigenvalue weighted by Gasteiger charge is 2.21. The quantitative estimate of drug-likeness (QED) is 0.686. The van der Waals surface area contributed by atoms with E-state index in [1.807, 2.05) is 6.92 Å². The fourth-order valence-corrected chi connectivity index (χ4v) is 2.68. The topological polar surface area (TPSA) is 41.6 Å². The maximum Gasteiger partial charge on any atom is 0.234 e. The number of amides is 1. The Morgan fingerprint density at radius 1 is 1.47 bits per heavy atom. The van der Waals surface area contributed by atoms with Crippen molar-refractivity contribution in [3.63, 3.8) is 0 Å². The van der Waals surface area contributed by atoms with Crippen molar-refractivity contribution in [3.8, 4) is 0 Å². The standard InChI is InChI=1S/C15H30N2O2/c1-4-16-15(18)12-17-9-5-7-14(11-17)8-6-10-19-13(2)3/h13-14H,4-12H2,1-3H3,(H,16,18). The Balaban J connectivity index is 2.17. The van der Waals surface area contributed by atoms with Crippen LogP contribution in [0.1, 0.15) is 46.5 Å². The Labute approximate surface area is 117 Å². The van der Waals surface area contributed by atoms with Gasteiger partial charge >= 0.3 is 0 Å². The van der Waals surface area contributed by atoms with Crippen LogP contribution in [0.2, 0.25) is 0 Å². The van der Waals surface area contributed by atoms with Gasteiger partial charge in [-0.15, -0.1) is 0 Å². The van der Waals surface area contributed by atoms with Gasteiger partial charge in [-0.3, -0.25) is 9.69 Å². The lowest BCUT2D eigenvalue weighted by molar-refractivity contribution is -0.122. The number of likely N-dealkylation sites (N-methyl/N-ethyl adjacent to an activating group) is 1. The Morgan fingerprint density at radius 3 is 2.95 bits per heavy atom. The maximum absolute atomic E-state index is 11.6. The number of hydrogen-bond acceptors (Lipinski definition) is 3. The third-order valence-electron chi connectivity index (χ3n) is 3.55. The highest BCUT2D eigenvalue weighted by atomic mass is 16.5. The van der Waals surface area contributed by atoms with Gasteiger partial charge in [-0.2, -0.15) is 0 Å². The molecule has 0 aromatic rings. The van der Waals surface area contributed by atoms with E-state index in [2.05, 4.69) is 24.1 Å². The molecule has 1 N–H and O–H groups in total. The second-order valence-corrected chi connectivity index (χ2v) is 5.76. The summed E-state index contributed by atoms with van der Waals surface area (Å²) in [6, 6.07) is 0. The molecular weight excluding hydrogens is 240 g/mol. The fraction of sp³-hybridized carbons (Fsp3) is 0.933. The number of ether oxygens (including phenoxy) is 1. The molecule has 1 amide bonds. The van der Waals surface area contributed by atoms with E-state index < -0.39 is 0 Å². The molecule has 0 aromatic carbocycles. The number of piperidine rings is 1. The Bertz CT molecular complexity index is 257. The summed E-state index contributed by atoms with van der Waals surface area (Å²) in [6.45, 7) is 10.4. The van der Waals surface area contributed by atoms with Crippen molar-refractivity contribution < 1.29 is 9.53 Å². The minimum absolute atomic E-state index is 0.159. The monoisotopic (exact) mass is 270 g/mol. The lowest BCUT2D eigenvalue weighted by Gasteiger charge is -2.32. The van der Waals surface area contributed by atoms with Gasteiger partial charge in [0.05, 0.1) is 12.6 Å². The molecule has 0 spiro atoms. The largest absolute Gasteiger partial charge is 0.379 e. The third-order valence-corrected chi connectivity index (χ3v) is 3.55. The summed E-state index contributed by atoms with van der Waals surface area (Å²) in [6.07, 6.45) is 5.21. The number of carbonyl (C=O) groups is 1. The number of hydrogen-bond donors (Lipinski definition) is 1. The molecule has 1 heterocycles. The average Bonchev–Trinajstić information content (AvgIpc) is 2.35. The zero-order valence-corrected chi connectivity index (χ0v) is 12.8. The lowest BCUT2D eigenvalue weighted by atomic mass is 9.93. The number of nitrogens with zero attached hydrogens (tertiary/aromatic N) is 1. The molecule has 112 valence electrons. The Morgan fingerprint density at radius 2 is 2.26 bits per heavy atom. The summed E-state index contributed by atoms with van der Waals surface area (Å²) in [5, 5.41) is 2.87. The van der Waals surface area contributed by atoms with Crippen LogP contribution in [-0.2, 0) is 9.53 Å². The lowest BCUT2D eigenvalue weighted by Crippen LogP contribution is -2.42. The van der Waals surface area contributed by atoms with Crippen LogP contribution >= 0.6 is 0 Å². The second-order valence-electron chi connectivity index (χ2n) is 5.76. The summed E-state index contributed by atoms with van der Waals surface area (Å²) in [5.74, 6) is 0.894. The first-order valence-electron chi connectivity index (χ1n) is 7.72. The molecular formula is C15H30N2O2. The van der Waals surface area contributed by atoms with Crippen LogP contribution in [0.4, 0.5) is 0 Å². The van der Waals surface area contributed by atoms with Gasteiger partial charge in [-0.25, -0.2) is 0 Å². The van der Waals surface area contributed by atoms with Gasteiger partial charge in [0.1, 0.15) is 0 Å². The van der Waals surface area contributed by atoms with Gasteiger partial charge in [-0.1, -0.05) is 0 Å². The van der Waals surface area contributed by atoms with Crippen LogP contribution in [-0.4, -0.2) is 49.7 Å². The first-order chi connectivity index (χ1) is 9.11. The predicted octanol–water partition coefficient (Wildman–Crippen LogP) is 2.04. The van der Waals surface area contributed by atoms with Crippen molar-refractivity contribution in [1.82, 2.24) is 10.2 Å². The van der Waals surface area contributed by atoms with Crippen molar-refractivity contribution in [2.45, 2.75) is 52.6 Å². The zero-order chi connectivity index (χ0) is 14.1. The fourth-order valence-electron chi connectivity index (χ4n) is 2.68. The average molecular weight is 270 g/mol. The van der Waals surface area contributed by atoms with E-state index in [1.165, 1.54) is 19.3 Å². The van der Waals surface area contributed by atoms with E-state index in [4.69, 9.17) is 4.74 Å². The number of rotatable bonds is 8. The minimum atomic E-state index is 0.159. The minimum Gasteiger partial charge on any atom is -0.379 e. The summed E-state index contributed by atoms with van der Waals surface area (Å²) < 4.78 is 5.58. The summed E-state index contributed by atoms with van der Waals surface area (Å²) in [7, 11) is 0. The predicted molar refractivity (Wildman–Crippen MR) is 78.2 cm³/mol. The van der Waals surface area contributed by atoms with E-state index in [1.54, 1.807) is 0 Å². The van der Waals surface area contributed by atoms with E-state index in [0.717, 1.165) is 38.6 Å². The number of likely N-dealkylation sites (tertiary alicyclic amines) is 1. The molecule has 0 aliphatic carbocycles. The van der Waals surface area contributed by atoms with Crippen LogP contribution in [0.3, 0.4) is 0 Å². The molecule has 1 fully saturated rings. The van der Waals surface area contributed by atoms with Crippen LogP contribution in [0.25, 0.3) is 0 Å². The first kappa shape index (κ1) is 16.4.